The Bertz CT molecular complexity index is 2540. The molecule has 0 N–H and O–H groups in total. The molecule has 0 amide bonds. The fraction of sp³-hybridized carbons (Fsp3) is 0.130. The molecule has 0 bridgehead atoms. The van der Waals surface area contributed by atoms with E-state index in [1.165, 1.54) is 99.1 Å². The first-order chi connectivity index (χ1) is 22.3. The quantitative estimate of drug-likeness (QED) is 0.177. The van der Waals surface area contributed by atoms with Crippen molar-refractivity contribution >= 4 is 32.3 Å². The van der Waals surface area contributed by atoms with Gasteiger partial charge in [0.15, 0.2) is 0 Å². The lowest BCUT2D eigenvalue weighted by molar-refractivity contribution is 0.660. The third-order valence-electron chi connectivity index (χ3n) is 11.4. The Morgan fingerprint density at radius 1 is 0.348 bits per heavy atom. The first-order valence-corrected chi connectivity index (χ1v) is 16.5. The molecular formula is C46H34. The molecular weight excluding hydrogens is 553 g/mol. The van der Waals surface area contributed by atoms with Crippen LogP contribution in [0.15, 0.2) is 133 Å². The first kappa shape index (κ1) is 26.1. The van der Waals surface area contributed by atoms with E-state index >= 15 is 0 Å². The van der Waals surface area contributed by atoms with Gasteiger partial charge in [0.05, 0.1) is 0 Å². The zero-order valence-electron chi connectivity index (χ0n) is 26.7. The molecule has 0 aromatic heterocycles. The predicted octanol–water partition coefficient (Wildman–Crippen LogP) is 12.5. The summed E-state index contributed by atoms with van der Waals surface area (Å²) in [6, 6.07) is 50.6. The van der Waals surface area contributed by atoms with E-state index < -0.39 is 0 Å². The van der Waals surface area contributed by atoms with Crippen molar-refractivity contribution in [1.82, 2.24) is 0 Å². The number of hydrogen-bond donors (Lipinski definition) is 0. The second-order valence-electron chi connectivity index (χ2n) is 14.5. The van der Waals surface area contributed by atoms with Gasteiger partial charge in [0.2, 0.25) is 0 Å². The highest BCUT2D eigenvalue weighted by atomic mass is 14.4. The van der Waals surface area contributed by atoms with E-state index in [-0.39, 0.29) is 10.8 Å². The van der Waals surface area contributed by atoms with Gasteiger partial charge >= 0.3 is 0 Å². The monoisotopic (exact) mass is 586 g/mol. The van der Waals surface area contributed by atoms with E-state index in [0.29, 0.717) is 0 Å². The van der Waals surface area contributed by atoms with Gasteiger partial charge in [-0.2, -0.15) is 0 Å². The molecule has 46 heavy (non-hydrogen) atoms. The van der Waals surface area contributed by atoms with E-state index in [9.17, 15) is 0 Å². The Hall–Kier alpha value is -5.20. The number of benzene rings is 8. The van der Waals surface area contributed by atoms with Crippen LogP contribution in [0.1, 0.15) is 49.9 Å². The molecule has 2 aliphatic carbocycles. The fourth-order valence-corrected chi connectivity index (χ4v) is 8.94. The van der Waals surface area contributed by atoms with Crippen molar-refractivity contribution in [3.8, 4) is 44.5 Å². The van der Waals surface area contributed by atoms with Crippen LogP contribution in [0.4, 0.5) is 0 Å². The Morgan fingerprint density at radius 2 is 0.891 bits per heavy atom. The van der Waals surface area contributed by atoms with Gasteiger partial charge in [-0.25, -0.2) is 0 Å². The summed E-state index contributed by atoms with van der Waals surface area (Å²) in [4.78, 5) is 0. The summed E-state index contributed by atoms with van der Waals surface area (Å²) in [5.41, 5.74) is 16.2. The third-order valence-corrected chi connectivity index (χ3v) is 11.4. The Balaban J connectivity index is 1.05. The van der Waals surface area contributed by atoms with Crippen LogP contribution in [0, 0.1) is 0 Å². The molecule has 2 aliphatic rings. The Morgan fingerprint density at radius 3 is 1.61 bits per heavy atom. The highest BCUT2D eigenvalue weighted by molar-refractivity contribution is 6.26. The summed E-state index contributed by atoms with van der Waals surface area (Å²) in [7, 11) is 0. The average Bonchev–Trinajstić information content (AvgIpc) is 3.46. The molecule has 0 aliphatic heterocycles. The zero-order chi connectivity index (χ0) is 30.9. The molecule has 0 radical (unpaired) electrons. The van der Waals surface area contributed by atoms with Crippen LogP contribution in [0.5, 0.6) is 0 Å². The van der Waals surface area contributed by atoms with Gasteiger partial charge < -0.3 is 0 Å². The lowest BCUT2D eigenvalue weighted by atomic mass is 9.80. The van der Waals surface area contributed by atoms with E-state index in [0.717, 1.165) is 0 Å². The van der Waals surface area contributed by atoms with Gasteiger partial charge in [-0.3, -0.25) is 0 Å². The molecule has 0 unspecified atom stereocenters. The van der Waals surface area contributed by atoms with Crippen LogP contribution in [0.3, 0.4) is 0 Å². The molecule has 0 spiro atoms. The maximum atomic E-state index is 2.47. The average molecular weight is 587 g/mol. The van der Waals surface area contributed by atoms with Crippen LogP contribution in [-0.2, 0) is 10.8 Å². The summed E-state index contributed by atoms with van der Waals surface area (Å²) < 4.78 is 0. The topological polar surface area (TPSA) is 0 Å². The summed E-state index contributed by atoms with van der Waals surface area (Å²) in [6.07, 6.45) is 0. The summed E-state index contributed by atoms with van der Waals surface area (Å²) in [5.74, 6) is 0. The van der Waals surface area contributed by atoms with Crippen molar-refractivity contribution in [2.75, 3.05) is 0 Å². The van der Waals surface area contributed by atoms with E-state index in [1.54, 1.807) is 0 Å². The number of fused-ring (bicyclic) bond motifs is 7. The van der Waals surface area contributed by atoms with Crippen molar-refractivity contribution in [2.24, 2.45) is 0 Å². The van der Waals surface area contributed by atoms with Crippen molar-refractivity contribution in [3.63, 3.8) is 0 Å². The molecule has 0 atom stereocenters. The second-order valence-corrected chi connectivity index (χ2v) is 14.5. The van der Waals surface area contributed by atoms with Gasteiger partial charge in [0.1, 0.15) is 0 Å². The Kier molecular flexibility index (Phi) is 4.95. The molecule has 218 valence electrons. The number of hydrogen-bond acceptors (Lipinski definition) is 0. The maximum Gasteiger partial charge on any atom is 0.0159 e. The van der Waals surface area contributed by atoms with E-state index in [4.69, 9.17) is 0 Å². The van der Waals surface area contributed by atoms with Crippen LogP contribution in [0.25, 0.3) is 76.8 Å². The van der Waals surface area contributed by atoms with Crippen LogP contribution in [-0.4, -0.2) is 0 Å². The minimum Gasteiger partial charge on any atom is -0.0619 e. The predicted molar refractivity (Wildman–Crippen MR) is 196 cm³/mol. The van der Waals surface area contributed by atoms with Crippen LogP contribution < -0.4 is 0 Å². The van der Waals surface area contributed by atoms with E-state index in [2.05, 4.69) is 161 Å². The largest absolute Gasteiger partial charge is 0.0619 e. The third kappa shape index (κ3) is 3.29. The van der Waals surface area contributed by atoms with Crippen LogP contribution in [0.2, 0.25) is 0 Å². The molecule has 10 rings (SSSR count). The van der Waals surface area contributed by atoms with Crippen molar-refractivity contribution < 1.29 is 0 Å². The molecule has 0 saturated carbocycles. The zero-order valence-corrected chi connectivity index (χ0v) is 26.7. The molecule has 0 fully saturated rings. The lowest BCUT2D eigenvalue weighted by Crippen LogP contribution is -2.15. The second kappa shape index (κ2) is 8.74. The summed E-state index contributed by atoms with van der Waals surface area (Å²) >= 11 is 0. The lowest BCUT2D eigenvalue weighted by Gasteiger charge is -2.23. The number of rotatable bonds is 2. The standard InChI is InChI=1S/C46H34/c1-45(2)38-11-6-5-10-34(38)35-21-19-31(24-39(35)45)27-12-14-28(15-13-27)32-20-22-36-40(25-32)46(3,4)41-26-33-17-16-29-8-7-9-30-18-23-37(44(36)41)43(33)42(29)30/h5-26H,1-4H3. The molecule has 8 aromatic rings. The normalized spacial score (nSPS) is 15.3. The van der Waals surface area contributed by atoms with Crippen molar-refractivity contribution in [1.29, 1.82) is 0 Å². The molecule has 0 heterocycles. The molecule has 0 saturated heterocycles. The molecule has 0 nitrogen and oxygen atoms in total. The summed E-state index contributed by atoms with van der Waals surface area (Å²) in [6.45, 7) is 9.50. The molecule has 0 heteroatoms. The van der Waals surface area contributed by atoms with Gasteiger partial charge in [-0.05, 0) is 117 Å². The van der Waals surface area contributed by atoms with Crippen LogP contribution >= 0.6 is 0 Å². The highest BCUT2D eigenvalue weighted by Gasteiger charge is 2.38. The van der Waals surface area contributed by atoms with E-state index in [1.807, 2.05) is 0 Å². The van der Waals surface area contributed by atoms with Crippen molar-refractivity contribution in [3.05, 3.63) is 156 Å². The van der Waals surface area contributed by atoms with Gasteiger partial charge in [0, 0.05) is 10.8 Å². The minimum absolute atomic E-state index is 0.00614. The molecule has 8 aromatic carbocycles. The van der Waals surface area contributed by atoms with Gasteiger partial charge in [0.25, 0.3) is 0 Å². The minimum atomic E-state index is -0.0835. The van der Waals surface area contributed by atoms with Gasteiger partial charge in [-0.1, -0.05) is 143 Å². The highest BCUT2D eigenvalue weighted by Crippen LogP contribution is 2.54. The SMILES string of the molecule is CC1(C)c2ccccc2-c2ccc(-c3ccc(-c4ccc5c(c4)C(C)(C)c4cc6ccc7cccc8ccc(c4-5)c6c78)cc3)cc21. The Labute approximate surface area is 270 Å². The van der Waals surface area contributed by atoms with Crippen molar-refractivity contribution in [2.45, 2.75) is 38.5 Å². The fourth-order valence-electron chi connectivity index (χ4n) is 8.94. The summed E-state index contributed by atoms with van der Waals surface area (Å²) in [5, 5.41) is 8.15. The first-order valence-electron chi connectivity index (χ1n) is 16.5. The maximum absolute atomic E-state index is 2.47. The smallest absolute Gasteiger partial charge is 0.0159 e. The van der Waals surface area contributed by atoms with Gasteiger partial charge in [-0.15, -0.1) is 0 Å².